The van der Waals surface area contributed by atoms with Crippen molar-refractivity contribution in [3.8, 4) is 0 Å². The van der Waals surface area contributed by atoms with Crippen LogP contribution in [0.15, 0.2) is 42.6 Å². The standard InChI is InChI=1S/C18H21IN4O/c1-22-7-9-23(10-8-22)17-6-5-14(12-20-17)13-21-18(24)15-3-2-4-16(19)11-15/h2-6,11-12H,7-10,13H2,1H3,(H,21,24). The number of amides is 1. The number of aromatic nitrogens is 1. The number of benzene rings is 1. The average molecular weight is 436 g/mol. The molecule has 1 fully saturated rings. The van der Waals surface area contributed by atoms with E-state index in [-0.39, 0.29) is 5.91 Å². The molecule has 2 heterocycles. The van der Waals surface area contributed by atoms with Gasteiger partial charge in [-0.05, 0) is 59.5 Å². The molecule has 1 amide bonds. The lowest BCUT2D eigenvalue weighted by atomic mass is 10.2. The van der Waals surface area contributed by atoms with Crippen molar-refractivity contribution in [3.63, 3.8) is 0 Å². The SMILES string of the molecule is CN1CCN(c2ccc(CNC(=O)c3cccc(I)c3)cn2)CC1. The number of carbonyl (C=O) groups excluding carboxylic acids is 1. The van der Waals surface area contributed by atoms with Gasteiger partial charge in [-0.25, -0.2) is 4.98 Å². The lowest BCUT2D eigenvalue weighted by Gasteiger charge is -2.33. The summed E-state index contributed by atoms with van der Waals surface area (Å²) >= 11 is 2.21. The van der Waals surface area contributed by atoms with E-state index >= 15 is 0 Å². The van der Waals surface area contributed by atoms with Crippen molar-refractivity contribution in [1.82, 2.24) is 15.2 Å². The number of carbonyl (C=O) groups is 1. The summed E-state index contributed by atoms with van der Waals surface area (Å²) in [6.07, 6.45) is 1.85. The molecule has 0 bridgehead atoms. The van der Waals surface area contributed by atoms with Gasteiger partial charge in [0.15, 0.2) is 0 Å². The van der Waals surface area contributed by atoms with E-state index in [1.54, 1.807) is 0 Å². The Bertz CT molecular complexity index is 696. The fourth-order valence-electron chi connectivity index (χ4n) is 2.66. The molecule has 6 heteroatoms. The number of anilines is 1. The number of hydrogen-bond donors (Lipinski definition) is 1. The Labute approximate surface area is 156 Å². The molecule has 1 saturated heterocycles. The fourth-order valence-corrected chi connectivity index (χ4v) is 3.20. The van der Waals surface area contributed by atoms with E-state index in [4.69, 9.17) is 0 Å². The molecule has 1 aromatic carbocycles. The van der Waals surface area contributed by atoms with Crippen molar-refractivity contribution >= 4 is 34.3 Å². The number of hydrogen-bond acceptors (Lipinski definition) is 4. The Balaban J connectivity index is 1.55. The molecule has 0 spiro atoms. The summed E-state index contributed by atoms with van der Waals surface area (Å²) in [5.41, 5.74) is 1.69. The number of pyridine rings is 1. The van der Waals surface area contributed by atoms with Crippen LogP contribution in [0.4, 0.5) is 5.82 Å². The topological polar surface area (TPSA) is 48.5 Å². The predicted octanol–water partition coefficient (Wildman–Crippen LogP) is 2.37. The Hall–Kier alpha value is -1.67. The Morgan fingerprint density at radius 3 is 2.67 bits per heavy atom. The molecule has 0 unspecified atom stereocenters. The van der Waals surface area contributed by atoms with Crippen LogP contribution in [0.1, 0.15) is 15.9 Å². The van der Waals surface area contributed by atoms with Gasteiger partial charge in [0.2, 0.25) is 0 Å². The van der Waals surface area contributed by atoms with E-state index in [0.717, 1.165) is 41.1 Å². The molecule has 126 valence electrons. The van der Waals surface area contributed by atoms with E-state index in [1.165, 1.54) is 0 Å². The molecule has 1 aromatic heterocycles. The second kappa shape index (κ2) is 7.94. The van der Waals surface area contributed by atoms with Crippen LogP contribution in [-0.2, 0) is 6.54 Å². The Morgan fingerprint density at radius 1 is 1.21 bits per heavy atom. The van der Waals surface area contributed by atoms with Gasteiger partial charge in [-0.3, -0.25) is 4.79 Å². The summed E-state index contributed by atoms with van der Waals surface area (Å²) in [5.74, 6) is 0.951. The van der Waals surface area contributed by atoms with Crippen molar-refractivity contribution in [2.75, 3.05) is 38.1 Å². The summed E-state index contributed by atoms with van der Waals surface area (Å²) in [6, 6.07) is 11.6. The molecular formula is C18H21IN4O. The zero-order valence-electron chi connectivity index (χ0n) is 13.7. The van der Waals surface area contributed by atoms with Crippen LogP contribution in [0.25, 0.3) is 0 Å². The molecular weight excluding hydrogens is 415 g/mol. The van der Waals surface area contributed by atoms with Gasteiger partial charge in [0, 0.05) is 48.1 Å². The summed E-state index contributed by atoms with van der Waals surface area (Å²) in [4.78, 5) is 21.3. The third-order valence-corrected chi connectivity index (χ3v) is 4.85. The maximum atomic E-state index is 12.2. The van der Waals surface area contributed by atoms with Crippen LogP contribution >= 0.6 is 22.6 Å². The van der Waals surface area contributed by atoms with Crippen LogP contribution in [0.2, 0.25) is 0 Å². The second-order valence-corrected chi connectivity index (χ2v) is 7.25. The van der Waals surface area contributed by atoms with E-state index in [0.29, 0.717) is 12.1 Å². The van der Waals surface area contributed by atoms with Crippen LogP contribution in [0.3, 0.4) is 0 Å². The monoisotopic (exact) mass is 436 g/mol. The van der Waals surface area contributed by atoms with Crippen molar-refractivity contribution in [2.24, 2.45) is 0 Å². The zero-order chi connectivity index (χ0) is 16.9. The largest absolute Gasteiger partial charge is 0.354 e. The molecule has 1 N–H and O–H groups in total. The molecule has 0 aliphatic carbocycles. The first-order valence-electron chi connectivity index (χ1n) is 8.04. The van der Waals surface area contributed by atoms with Crippen molar-refractivity contribution in [2.45, 2.75) is 6.54 Å². The summed E-state index contributed by atoms with van der Waals surface area (Å²) in [7, 11) is 2.14. The first kappa shape index (κ1) is 17.2. The van der Waals surface area contributed by atoms with Gasteiger partial charge in [-0.15, -0.1) is 0 Å². The number of halogens is 1. The lowest BCUT2D eigenvalue weighted by molar-refractivity contribution is 0.0951. The first-order valence-corrected chi connectivity index (χ1v) is 9.12. The minimum absolute atomic E-state index is 0.0586. The molecule has 5 nitrogen and oxygen atoms in total. The van der Waals surface area contributed by atoms with Gasteiger partial charge < -0.3 is 15.1 Å². The maximum Gasteiger partial charge on any atom is 0.251 e. The fraction of sp³-hybridized carbons (Fsp3) is 0.333. The highest BCUT2D eigenvalue weighted by Crippen LogP contribution is 2.14. The van der Waals surface area contributed by atoms with Crippen LogP contribution in [-0.4, -0.2) is 49.0 Å². The van der Waals surface area contributed by atoms with Crippen molar-refractivity contribution < 1.29 is 4.79 Å². The Kier molecular flexibility index (Phi) is 5.68. The van der Waals surface area contributed by atoms with E-state index in [2.05, 4.69) is 49.7 Å². The number of nitrogens with one attached hydrogen (secondary N) is 1. The molecule has 3 rings (SSSR count). The van der Waals surface area contributed by atoms with Gasteiger partial charge in [0.25, 0.3) is 5.91 Å². The van der Waals surface area contributed by atoms with E-state index < -0.39 is 0 Å². The molecule has 2 aromatic rings. The number of nitrogens with zero attached hydrogens (tertiary/aromatic N) is 3. The number of piperazine rings is 1. The highest BCUT2D eigenvalue weighted by molar-refractivity contribution is 14.1. The van der Waals surface area contributed by atoms with Crippen LogP contribution in [0, 0.1) is 3.57 Å². The maximum absolute atomic E-state index is 12.2. The molecule has 1 aliphatic rings. The van der Waals surface area contributed by atoms with E-state index in [9.17, 15) is 4.79 Å². The minimum Gasteiger partial charge on any atom is -0.354 e. The minimum atomic E-state index is -0.0586. The Morgan fingerprint density at radius 2 is 2.00 bits per heavy atom. The zero-order valence-corrected chi connectivity index (χ0v) is 15.9. The van der Waals surface area contributed by atoms with Gasteiger partial charge in [-0.2, -0.15) is 0 Å². The number of rotatable bonds is 4. The summed E-state index contributed by atoms with van der Waals surface area (Å²) < 4.78 is 1.05. The highest BCUT2D eigenvalue weighted by Gasteiger charge is 2.15. The quantitative estimate of drug-likeness (QED) is 0.748. The third kappa shape index (κ3) is 4.45. The van der Waals surface area contributed by atoms with Gasteiger partial charge in [0.05, 0.1) is 0 Å². The van der Waals surface area contributed by atoms with Crippen molar-refractivity contribution in [1.29, 1.82) is 0 Å². The summed E-state index contributed by atoms with van der Waals surface area (Å²) in [5, 5.41) is 2.94. The van der Waals surface area contributed by atoms with Gasteiger partial charge in [0.1, 0.15) is 5.82 Å². The third-order valence-electron chi connectivity index (χ3n) is 4.18. The molecule has 1 aliphatic heterocycles. The lowest BCUT2D eigenvalue weighted by Crippen LogP contribution is -2.44. The van der Waals surface area contributed by atoms with E-state index in [1.807, 2.05) is 42.6 Å². The van der Waals surface area contributed by atoms with Gasteiger partial charge >= 0.3 is 0 Å². The average Bonchev–Trinajstić information content (AvgIpc) is 2.61. The molecule has 0 radical (unpaired) electrons. The predicted molar refractivity (Wildman–Crippen MR) is 104 cm³/mol. The highest BCUT2D eigenvalue weighted by atomic mass is 127. The normalized spacial score (nSPS) is 15.3. The number of likely N-dealkylation sites (N-methyl/N-ethyl adjacent to an activating group) is 1. The summed E-state index contributed by atoms with van der Waals surface area (Å²) in [6.45, 7) is 4.63. The van der Waals surface area contributed by atoms with Crippen LogP contribution in [0.5, 0.6) is 0 Å². The van der Waals surface area contributed by atoms with Crippen LogP contribution < -0.4 is 10.2 Å². The molecule has 0 saturated carbocycles. The first-order chi connectivity index (χ1) is 11.6. The second-order valence-electron chi connectivity index (χ2n) is 6.01. The smallest absolute Gasteiger partial charge is 0.251 e. The van der Waals surface area contributed by atoms with Gasteiger partial charge in [-0.1, -0.05) is 12.1 Å². The van der Waals surface area contributed by atoms with Crippen molar-refractivity contribution in [3.05, 3.63) is 57.3 Å². The molecule has 24 heavy (non-hydrogen) atoms. The molecule has 0 atom stereocenters.